The summed E-state index contributed by atoms with van der Waals surface area (Å²) in [6.07, 6.45) is 0.0939. The quantitative estimate of drug-likeness (QED) is 0.202. The number of rotatable bonds is 6. The van der Waals surface area contributed by atoms with Crippen LogP contribution in [-0.4, -0.2) is 103 Å². The predicted octanol–water partition coefficient (Wildman–Crippen LogP) is 1.50. The minimum atomic E-state index is -2.74. The van der Waals surface area contributed by atoms with Crippen LogP contribution in [0.5, 0.6) is 5.75 Å². The SMILES string of the molecule is CN(C)c1ccc(C(=O)Nc2cc(N(C)C)c3c(c2O)C(=O)C2=C(O)[C@]4(O)C(=O)C(C(N)=O)=C(O)[C@@H](N(C)C)C4CC2C3)cc1. The number of Topliss-reactive ketones (excluding diaryl/α,β-unsaturated/α-hetero) is 2. The highest BCUT2D eigenvalue weighted by atomic mass is 16.3. The number of fused-ring (bicyclic) bond motifs is 3. The van der Waals surface area contributed by atoms with Crippen LogP contribution in [0.1, 0.15) is 32.7 Å². The molecule has 0 heterocycles. The summed E-state index contributed by atoms with van der Waals surface area (Å²) < 4.78 is 0. The molecule has 45 heavy (non-hydrogen) atoms. The molecule has 0 aliphatic heterocycles. The molecule has 0 radical (unpaired) electrons. The van der Waals surface area contributed by atoms with E-state index in [0.29, 0.717) is 16.8 Å². The van der Waals surface area contributed by atoms with Gasteiger partial charge in [0, 0.05) is 56.6 Å². The summed E-state index contributed by atoms with van der Waals surface area (Å²) in [6, 6.07) is 7.25. The first-order valence-corrected chi connectivity index (χ1v) is 14.3. The van der Waals surface area contributed by atoms with Crippen molar-refractivity contribution < 1.29 is 39.6 Å². The smallest absolute Gasteiger partial charge is 0.255 e. The number of nitrogens with one attached hydrogen (secondary N) is 1. The van der Waals surface area contributed by atoms with Gasteiger partial charge in [-0.15, -0.1) is 0 Å². The van der Waals surface area contributed by atoms with Crippen LogP contribution in [-0.2, 0) is 16.0 Å². The number of carbonyl (C=O) groups is 4. The summed E-state index contributed by atoms with van der Waals surface area (Å²) in [7, 11) is 10.3. The molecule has 7 N–H and O–H groups in total. The van der Waals surface area contributed by atoms with Crippen molar-refractivity contribution >= 4 is 40.4 Å². The average molecular weight is 620 g/mol. The van der Waals surface area contributed by atoms with E-state index in [0.717, 1.165) is 5.69 Å². The number of nitrogens with two attached hydrogens (primary N) is 1. The Morgan fingerprint density at radius 1 is 0.978 bits per heavy atom. The highest BCUT2D eigenvalue weighted by Gasteiger charge is 2.63. The number of carbonyl (C=O) groups excluding carboxylic acids is 4. The Labute approximate surface area is 259 Å². The summed E-state index contributed by atoms with van der Waals surface area (Å²) in [4.78, 5) is 58.2. The van der Waals surface area contributed by atoms with Crippen LogP contribution in [0.15, 0.2) is 53.0 Å². The summed E-state index contributed by atoms with van der Waals surface area (Å²) in [5.41, 5.74) is 3.42. The van der Waals surface area contributed by atoms with Gasteiger partial charge in [-0.3, -0.25) is 24.1 Å². The zero-order valence-corrected chi connectivity index (χ0v) is 25.9. The van der Waals surface area contributed by atoms with E-state index < -0.39 is 69.7 Å². The van der Waals surface area contributed by atoms with E-state index in [1.54, 1.807) is 63.4 Å². The molecule has 238 valence electrons. The van der Waals surface area contributed by atoms with Gasteiger partial charge in [0.2, 0.25) is 5.78 Å². The lowest BCUT2D eigenvalue weighted by molar-refractivity contribution is -0.148. The molecule has 2 amide bonds. The third-order valence-corrected chi connectivity index (χ3v) is 9.07. The van der Waals surface area contributed by atoms with E-state index in [9.17, 15) is 39.6 Å². The molecular weight excluding hydrogens is 582 g/mol. The third kappa shape index (κ3) is 4.70. The Morgan fingerprint density at radius 2 is 1.60 bits per heavy atom. The van der Waals surface area contributed by atoms with E-state index in [-0.39, 0.29) is 29.7 Å². The van der Waals surface area contributed by atoms with Crippen LogP contribution < -0.4 is 20.9 Å². The van der Waals surface area contributed by atoms with Crippen molar-refractivity contribution in [3.05, 3.63) is 69.7 Å². The highest BCUT2D eigenvalue weighted by Crippen LogP contribution is 2.54. The van der Waals surface area contributed by atoms with Gasteiger partial charge >= 0.3 is 0 Å². The van der Waals surface area contributed by atoms with E-state index in [1.807, 2.05) is 19.0 Å². The number of amides is 2. The molecule has 13 nitrogen and oxygen atoms in total. The Kier molecular flexibility index (Phi) is 7.66. The monoisotopic (exact) mass is 619 g/mol. The van der Waals surface area contributed by atoms with Crippen molar-refractivity contribution in [2.24, 2.45) is 17.6 Å². The van der Waals surface area contributed by atoms with Gasteiger partial charge < -0.3 is 41.3 Å². The first-order chi connectivity index (χ1) is 21.0. The number of likely N-dealkylation sites (N-methyl/N-ethyl adjacent to an activating group) is 1. The normalized spacial score (nSPS) is 24.2. The van der Waals surface area contributed by atoms with E-state index >= 15 is 0 Å². The number of aromatic hydroxyl groups is 1. The van der Waals surface area contributed by atoms with Crippen LogP contribution in [0.4, 0.5) is 17.1 Å². The second kappa shape index (κ2) is 10.9. The van der Waals surface area contributed by atoms with Crippen molar-refractivity contribution in [2.45, 2.75) is 24.5 Å². The Morgan fingerprint density at radius 3 is 2.13 bits per heavy atom. The first kappa shape index (κ1) is 31.5. The van der Waals surface area contributed by atoms with Gasteiger partial charge in [0.25, 0.3) is 11.8 Å². The minimum Gasteiger partial charge on any atom is -0.510 e. The zero-order valence-electron chi connectivity index (χ0n) is 25.9. The summed E-state index contributed by atoms with van der Waals surface area (Å²) in [6.45, 7) is 0. The predicted molar refractivity (Wildman–Crippen MR) is 167 cm³/mol. The van der Waals surface area contributed by atoms with Crippen molar-refractivity contribution in [1.29, 1.82) is 0 Å². The number of nitrogens with zero attached hydrogens (tertiary/aromatic N) is 3. The number of hydrogen-bond donors (Lipinski definition) is 6. The van der Waals surface area contributed by atoms with Gasteiger partial charge in [0.05, 0.1) is 17.3 Å². The van der Waals surface area contributed by atoms with Crippen LogP contribution in [0.25, 0.3) is 0 Å². The molecule has 2 aromatic rings. The Hall–Kier alpha value is -4.88. The maximum atomic E-state index is 14.2. The van der Waals surface area contributed by atoms with Crippen molar-refractivity contribution in [1.82, 2.24) is 4.90 Å². The van der Waals surface area contributed by atoms with Gasteiger partial charge in [-0.25, -0.2) is 0 Å². The highest BCUT2D eigenvalue weighted by molar-refractivity contribution is 6.25. The molecule has 0 bridgehead atoms. The lowest BCUT2D eigenvalue weighted by atomic mass is 9.58. The summed E-state index contributed by atoms with van der Waals surface area (Å²) in [5.74, 6) is -7.94. The maximum absolute atomic E-state index is 14.2. The average Bonchev–Trinajstić information content (AvgIpc) is 2.95. The summed E-state index contributed by atoms with van der Waals surface area (Å²) in [5, 5.41) is 48.4. The van der Waals surface area contributed by atoms with E-state index in [1.165, 1.54) is 4.90 Å². The fraction of sp³-hybridized carbons (Fsp3) is 0.375. The minimum absolute atomic E-state index is 0.0270. The van der Waals surface area contributed by atoms with Gasteiger partial charge in [-0.2, -0.15) is 0 Å². The molecule has 0 saturated heterocycles. The van der Waals surface area contributed by atoms with Crippen LogP contribution in [0.2, 0.25) is 0 Å². The van der Waals surface area contributed by atoms with E-state index in [2.05, 4.69) is 5.32 Å². The topological polar surface area (TPSA) is 197 Å². The zero-order chi connectivity index (χ0) is 33.3. The lowest BCUT2D eigenvalue weighted by Gasteiger charge is -2.50. The maximum Gasteiger partial charge on any atom is 0.255 e. The second-order valence-corrected chi connectivity index (χ2v) is 12.4. The number of aliphatic hydroxyl groups excluding tert-OH is 2. The van der Waals surface area contributed by atoms with Gasteiger partial charge in [0.15, 0.2) is 17.1 Å². The molecule has 5 rings (SSSR count). The fourth-order valence-corrected chi connectivity index (χ4v) is 6.90. The fourth-order valence-electron chi connectivity index (χ4n) is 6.90. The van der Waals surface area contributed by atoms with E-state index in [4.69, 9.17) is 5.73 Å². The molecule has 3 aliphatic rings. The second-order valence-electron chi connectivity index (χ2n) is 12.4. The number of anilines is 3. The molecule has 0 aromatic heterocycles. The molecule has 0 spiro atoms. The molecular formula is C32H37N5O8. The van der Waals surface area contributed by atoms with Crippen LogP contribution in [0, 0.1) is 11.8 Å². The van der Waals surface area contributed by atoms with Crippen LogP contribution >= 0.6 is 0 Å². The van der Waals surface area contributed by atoms with Crippen molar-refractivity contribution in [3.63, 3.8) is 0 Å². The molecule has 0 fully saturated rings. The van der Waals surface area contributed by atoms with Crippen molar-refractivity contribution in [2.75, 3.05) is 57.4 Å². The molecule has 2 unspecified atom stereocenters. The first-order valence-electron chi connectivity index (χ1n) is 14.3. The standard InChI is InChI=1S/C32H37N5O8/c1-35(2)16-9-7-14(8-10-16)31(44)34-19-13-20(36(3)4)17-11-15-12-18-24(37(5)6)27(40)23(30(33)43)29(42)32(18,45)28(41)21(15)26(39)22(17)25(19)38/h7-10,13,15,18,24,38,40-41,45H,11-12H2,1-6H3,(H2,33,43)(H,34,44)/t15?,18?,24-,32-/m0/s1. The number of primary amides is 1. The number of benzene rings is 2. The summed E-state index contributed by atoms with van der Waals surface area (Å²) >= 11 is 0. The number of hydrogen-bond acceptors (Lipinski definition) is 11. The number of aliphatic hydroxyl groups is 3. The number of phenolic OH excluding ortho intramolecular Hbond substituents is 1. The van der Waals surface area contributed by atoms with Crippen LogP contribution in [0.3, 0.4) is 0 Å². The third-order valence-electron chi connectivity index (χ3n) is 9.07. The number of ketones is 2. The molecule has 3 aliphatic carbocycles. The molecule has 13 heteroatoms. The largest absolute Gasteiger partial charge is 0.510 e. The molecule has 0 saturated carbocycles. The Bertz CT molecular complexity index is 1710. The molecule has 4 atom stereocenters. The van der Waals surface area contributed by atoms with Gasteiger partial charge in [0.1, 0.15) is 17.1 Å². The Balaban J connectivity index is 1.63. The van der Waals surface area contributed by atoms with Gasteiger partial charge in [-0.1, -0.05) is 0 Å². The lowest BCUT2D eigenvalue weighted by Crippen LogP contribution is -2.63. The van der Waals surface area contributed by atoms with Gasteiger partial charge in [-0.05, 0) is 68.8 Å². The molecule has 2 aromatic carbocycles. The number of phenols is 1. The number of allylic oxidation sites excluding steroid dienone is 1. The van der Waals surface area contributed by atoms with Crippen molar-refractivity contribution in [3.8, 4) is 5.75 Å².